The fraction of sp³-hybridized carbons (Fsp3) is 0.190. The Morgan fingerprint density at radius 3 is 2.70 bits per heavy atom. The minimum atomic E-state index is -0.804. The van der Waals surface area contributed by atoms with Gasteiger partial charge in [0.2, 0.25) is 11.8 Å². The van der Waals surface area contributed by atoms with Gasteiger partial charge >= 0.3 is 11.7 Å². The van der Waals surface area contributed by atoms with Gasteiger partial charge in [-0.25, -0.2) is 4.79 Å². The maximum Gasteiger partial charge on any atom is 0.437 e. The average molecular weight is 407 g/mol. The summed E-state index contributed by atoms with van der Waals surface area (Å²) in [5.41, 5.74) is 2.31. The number of aromatic nitrogens is 2. The van der Waals surface area contributed by atoms with E-state index in [1.807, 2.05) is 6.07 Å². The van der Waals surface area contributed by atoms with Crippen LogP contribution in [0.15, 0.2) is 57.7 Å². The van der Waals surface area contributed by atoms with Gasteiger partial charge in [-0.3, -0.25) is 14.4 Å². The summed E-state index contributed by atoms with van der Waals surface area (Å²) in [5, 5.41) is 6.70. The predicted octanol–water partition coefficient (Wildman–Crippen LogP) is 1.98. The van der Waals surface area contributed by atoms with Crippen LogP contribution < -0.4 is 11.1 Å². The third kappa shape index (κ3) is 3.77. The van der Waals surface area contributed by atoms with Crippen molar-refractivity contribution in [2.45, 2.75) is 19.4 Å². The van der Waals surface area contributed by atoms with Crippen molar-refractivity contribution in [1.29, 1.82) is 0 Å². The Balaban J connectivity index is 1.38. The first kappa shape index (κ1) is 19.3. The van der Waals surface area contributed by atoms with Crippen molar-refractivity contribution in [3.05, 3.63) is 70.2 Å². The minimum absolute atomic E-state index is 0.0832. The number of rotatable bonds is 6. The number of benzene rings is 2. The molecule has 30 heavy (non-hydrogen) atoms. The first-order valence-corrected chi connectivity index (χ1v) is 9.19. The average Bonchev–Trinajstić information content (AvgIpc) is 3.25. The lowest BCUT2D eigenvalue weighted by molar-refractivity contribution is -0.143. The van der Waals surface area contributed by atoms with Gasteiger partial charge in [-0.15, -0.1) is 5.10 Å². The molecular formula is C21H17N3O6. The van der Waals surface area contributed by atoms with Gasteiger partial charge in [-0.2, -0.15) is 4.68 Å². The summed E-state index contributed by atoms with van der Waals surface area (Å²) >= 11 is 0. The summed E-state index contributed by atoms with van der Waals surface area (Å²) in [6, 6.07) is 13.6. The quantitative estimate of drug-likeness (QED) is 0.490. The molecule has 9 nitrogen and oxygen atoms in total. The number of hydrogen-bond donors (Lipinski definition) is 1. The number of carbonyl (C=O) groups excluding carboxylic acids is 3. The van der Waals surface area contributed by atoms with Crippen molar-refractivity contribution in [3.63, 3.8) is 0 Å². The van der Waals surface area contributed by atoms with Crippen molar-refractivity contribution in [2.75, 3.05) is 11.9 Å². The zero-order chi connectivity index (χ0) is 21.3. The van der Waals surface area contributed by atoms with E-state index in [9.17, 15) is 19.2 Å². The third-order valence-corrected chi connectivity index (χ3v) is 4.76. The Morgan fingerprint density at radius 2 is 1.93 bits per heavy atom. The van der Waals surface area contributed by atoms with E-state index in [1.54, 1.807) is 49.4 Å². The molecule has 1 amide bonds. The van der Waals surface area contributed by atoms with E-state index in [1.165, 1.54) is 0 Å². The lowest BCUT2D eigenvalue weighted by atomic mass is 9.99. The molecule has 152 valence electrons. The predicted molar refractivity (Wildman–Crippen MR) is 105 cm³/mol. The second kappa shape index (κ2) is 7.78. The number of anilines is 1. The summed E-state index contributed by atoms with van der Waals surface area (Å²) in [6.45, 7) is 0.766. The topological polar surface area (TPSA) is 120 Å². The summed E-state index contributed by atoms with van der Waals surface area (Å²) in [7, 11) is 0. The van der Waals surface area contributed by atoms with Crippen molar-refractivity contribution in [3.8, 4) is 11.5 Å². The number of ether oxygens (including phenoxy) is 1. The molecule has 4 rings (SSSR count). The van der Waals surface area contributed by atoms with Crippen LogP contribution in [0.1, 0.15) is 28.8 Å². The molecule has 0 spiro atoms. The standard InChI is InChI=1S/C21H17N3O6/c1-12-15-9-14(7-8-16(15)22-19(12)27)17(25)11-29-18(26)10-24-21(28)30-20(23-24)13-5-3-2-4-6-13/h2-9,12H,10-11H2,1H3,(H,22,27)/t12-/m0/s1. The van der Waals surface area contributed by atoms with Crippen LogP contribution in [0.25, 0.3) is 11.5 Å². The van der Waals surface area contributed by atoms with E-state index in [0.717, 1.165) is 10.2 Å². The van der Waals surface area contributed by atoms with Crippen LogP contribution in [-0.2, 0) is 20.9 Å². The lowest BCUT2D eigenvalue weighted by Crippen LogP contribution is -2.24. The van der Waals surface area contributed by atoms with E-state index >= 15 is 0 Å². The smallest absolute Gasteiger partial charge is 0.437 e. The van der Waals surface area contributed by atoms with Crippen molar-refractivity contribution in [1.82, 2.24) is 9.78 Å². The highest BCUT2D eigenvalue weighted by Crippen LogP contribution is 2.32. The van der Waals surface area contributed by atoms with E-state index < -0.39 is 30.7 Å². The van der Waals surface area contributed by atoms with Gasteiger partial charge in [-0.1, -0.05) is 18.2 Å². The molecule has 2 heterocycles. The molecule has 1 N–H and O–H groups in total. The molecule has 1 aliphatic rings. The minimum Gasteiger partial charge on any atom is -0.456 e. The van der Waals surface area contributed by atoms with Gasteiger partial charge in [0.25, 0.3) is 0 Å². The Hall–Kier alpha value is -4.01. The first-order valence-electron chi connectivity index (χ1n) is 9.19. The molecule has 0 bridgehead atoms. The number of nitrogens with one attached hydrogen (secondary N) is 1. The molecule has 1 aliphatic heterocycles. The molecule has 0 fully saturated rings. The van der Waals surface area contributed by atoms with E-state index in [2.05, 4.69) is 10.4 Å². The maximum atomic E-state index is 12.4. The Bertz CT molecular complexity index is 1190. The molecule has 9 heteroatoms. The van der Waals surface area contributed by atoms with Crippen LogP contribution in [0, 0.1) is 0 Å². The molecule has 0 radical (unpaired) electrons. The normalized spacial score (nSPS) is 14.8. The van der Waals surface area contributed by atoms with Gasteiger partial charge < -0.3 is 14.5 Å². The van der Waals surface area contributed by atoms with Gasteiger partial charge in [0.15, 0.2) is 12.4 Å². The highest BCUT2D eigenvalue weighted by Gasteiger charge is 2.27. The number of hydrogen-bond acceptors (Lipinski definition) is 7. The molecule has 0 saturated heterocycles. The number of esters is 1. The molecular weight excluding hydrogens is 390 g/mol. The van der Waals surface area contributed by atoms with Crippen LogP contribution in [-0.4, -0.2) is 34.0 Å². The Kier molecular flexibility index (Phi) is 5.01. The Labute approximate surface area is 170 Å². The highest BCUT2D eigenvalue weighted by atomic mass is 16.5. The van der Waals surface area contributed by atoms with E-state index in [-0.39, 0.29) is 17.7 Å². The fourth-order valence-electron chi connectivity index (χ4n) is 3.09. The fourth-order valence-corrected chi connectivity index (χ4v) is 3.09. The van der Waals surface area contributed by atoms with E-state index in [4.69, 9.17) is 9.15 Å². The summed E-state index contributed by atoms with van der Waals surface area (Å²) in [5.74, 6) is -2.43. The number of carbonyl (C=O) groups is 3. The zero-order valence-electron chi connectivity index (χ0n) is 16.0. The van der Waals surface area contributed by atoms with Crippen LogP contribution in [0.4, 0.5) is 5.69 Å². The van der Waals surface area contributed by atoms with E-state index in [0.29, 0.717) is 16.8 Å². The third-order valence-electron chi connectivity index (χ3n) is 4.76. The van der Waals surface area contributed by atoms with Gasteiger partial charge in [0, 0.05) is 16.8 Å². The highest BCUT2D eigenvalue weighted by molar-refractivity contribution is 6.05. The van der Waals surface area contributed by atoms with Gasteiger partial charge in [-0.05, 0) is 42.8 Å². The summed E-state index contributed by atoms with van der Waals surface area (Å²) in [6.07, 6.45) is 0. The van der Waals surface area contributed by atoms with Gasteiger partial charge in [0.1, 0.15) is 6.54 Å². The second-order valence-corrected chi connectivity index (χ2v) is 6.79. The van der Waals surface area contributed by atoms with Crippen LogP contribution >= 0.6 is 0 Å². The maximum absolute atomic E-state index is 12.4. The summed E-state index contributed by atoms with van der Waals surface area (Å²) < 4.78 is 10.9. The SMILES string of the molecule is C[C@@H]1C(=O)Nc2ccc(C(=O)COC(=O)Cn3nc(-c4ccccc4)oc3=O)cc21. The van der Waals surface area contributed by atoms with Crippen molar-refractivity contribution < 1.29 is 23.5 Å². The van der Waals surface area contributed by atoms with Crippen LogP contribution in [0.3, 0.4) is 0 Å². The molecule has 0 saturated carbocycles. The monoisotopic (exact) mass is 407 g/mol. The number of Topliss-reactive ketones (excluding diaryl/α,β-unsaturated/α-hetero) is 1. The Morgan fingerprint density at radius 1 is 1.17 bits per heavy atom. The van der Waals surface area contributed by atoms with Crippen molar-refractivity contribution in [2.24, 2.45) is 0 Å². The number of amides is 1. The van der Waals surface area contributed by atoms with Crippen LogP contribution in [0.5, 0.6) is 0 Å². The second-order valence-electron chi connectivity index (χ2n) is 6.79. The molecule has 1 atom stereocenters. The van der Waals surface area contributed by atoms with Crippen molar-refractivity contribution >= 4 is 23.3 Å². The lowest BCUT2D eigenvalue weighted by Gasteiger charge is -2.06. The number of ketones is 1. The van der Waals surface area contributed by atoms with Crippen LogP contribution in [0.2, 0.25) is 0 Å². The molecule has 3 aromatic rings. The first-order chi connectivity index (χ1) is 14.4. The largest absolute Gasteiger partial charge is 0.456 e. The molecule has 2 aromatic carbocycles. The number of fused-ring (bicyclic) bond motifs is 1. The molecule has 0 aliphatic carbocycles. The summed E-state index contributed by atoms with van der Waals surface area (Å²) in [4.78, 5) is 48.0. The molecule has 1 aromatic heterocycles. The number of nitrogens with zero attached hydrogens (tertiary/aromatic N) is 2. The van der Waals surface area contributed by atoms with Gasteiger partial charge in [0.05, 0.1) is 5.92 Å². The zero-order valence-corrected chi connectivity index (χ0v) is 16.0. The molecule has 0 unspecified atom stereocenters.